The van der Waals surface area contributed by atoms with Crippen molar-refractivity contribution in [2.24, 2.45) is 5.92 Å². The minimum absolute atomic E-state index is 0.106. The molecule has 0 rings (SSSR count). The van der Waals surface area contributed by atoms with Crippen molar-refractivity contribution in [2.45, 2.75) is 393 Å². The molecule has 0 aliphatic carbocycles. The summed E-state index contributed by atoms with van der Waals surface area (Å²) in [7, 11) is -9.90. The maximum Gasteiger partial charge on any atom is 0.472 e. The summed E-state index contributed by atoms with van der Waals surface area (Å²) >= 11 is 0. The lowest BCUT2D eigenvalue weighted by molar-refractivity contribution is -0.161. The highest BCUT2D eigenvalue weighted by Gasteiger charge is 2.30. The van der Waals surface area contributed by atoms with Crippen molar-refractivity contribution in [3.05, 3.63) is 0 Å². The quantitative estimate of drug-likeness (QED) is 0.0222. The van der Waals surface area contributed by atoms with E-state index in [1.54, 1.807) is 0 Å². The first-order valence-electron chi connectivity index (χ1n) is 37.6. The Morgan fingerprint density at radius 3 is 0.747 bits per heavy atom. The molecular weight excluding hydrogens is 1200 g/mol. The standard InChI is InChI=1S/C72H140O17P2/c1-6-9-12-15-18-21-24-26-28-30-32-37-42-47-52-57-71(76)88-67(62-83-70(75)56-51-46-41-36-31-29-27-25-22-19-16-13-10-7-2)63-86-90(78,79)84-59-66(73)60-85-91(80,81)87-64-68(61-82-69(74)55-50-45-40-35-23-20-17-14-11-8-3)89-72(77)58-53-48-43-38-33-34-39-44-49-54-65(4)5/h65-68,73H,6-64H2,1-5H3,(H,78,79)(H,80,81)/t66-,67-,68-/m1/s1. The molecule has 540 valence electrons. The Hall–Kier alpha value is -1.94. The Morgan fingerprint density at radius 1 is 0.297 bits per heavy atom. The van der Waals surface area contributed by atoms with Gasteiger partial charge in [0.05, 0.1) is 26.4 Å². The number of aliphatic hydroxyl groups is 1. The molecule has 5 atom stereocenters. The van der Waals surface area contributed by atoms with Gasteiger partial charge in [-0.2, -0.15) is 0 Å². The first kappa shape index (κ1) is 89.1. The van der Waals surface area contributed by atoms with Gasteiger partial charge >= 0.3 is 39.5 Å². The molecule has 0 saturated heterocycles. The van der Waals surface area contributed by atoms with Crippen molar-refractivity contribution in [1.29, 1.82) is 0 Å². The van der Waals surface area contributed by atoms with Gasteiger partial charge in [0.2, 0.25) is 0 Å². The number of ether oxygens (including phenoxy) is 4. The van der Waals surface area contributed by atoms with Crippen molar-refractivity contribution in [3.8, 4) is 0 Å². The van der Waals surface area contributed by atoms with Crippen LogP contribution < -0.4 is 0 Å². The third kappa shape index (κ3) is 66.5. The molecule has 0 aromatic rings. The summed E-state index contributed by atoms with van der Waals surface area (Å²) in [6, 6.07) is 0. The molecule has 2 unspecified atom stereocenters. The zero-order valence-electron chi connectivity index (χ0n) is 59.0. The van der Waals surface area contributed by atoms with Gasteiger partial charge < -0.3 is 33.8 Å². The Bertz CT molecular complexity index is 1750. The smallest absolute Gasteiger partial charge is 0.462 e. The van der Waals surface area contributed by atoms with Crippen molar-refractivity contribution >= 4 is 39.5 Å². The number of phosphoric ester groups is 2. The number of carbonyl (C=O) groups excluding carboxylic acids is 4. The third-order valence-electron chi connectivity index (χ3n) is 16.8. The van der Waals surface area contributed by atoms with Crippen LogP contribution in [0.25, 0.3) is 0 Å². The summed E-state index contributed by atoms with van der Waals surface area (Å²) in [6.07, 6.45) is 52.6. The highest BCUT2D eigenvalue weighted by atomic mass is 31.2. The molecule has 0 aliphatic heterocycles. The second-order valence-electron chi connectivity index (χ2n) is 26.5. The molecule has 19 heteroatoms. The molecule has 0 radical (unpaired) electrons. The molecule has 0 aliphatic rings. The Morgan fingerprint density at radius 2 is 0.505 bits per heavy atom. The van der Waals surface area contributed by atoms with Gasteiger partial charge in [-0.05, 0) is 31.6 Å². The molecule has 0 heterocycles. The summed E-state index contributed by atoms with van der Waals surface area (Å²) in [5.74, 6) is -1.38. The minimum atomic E-state index is -4.95. The predicted molar refractivity (Wildman–Crippen MR) is 368 cm³/mol. The maximum atomic E-state index is 13.0. The third-order valence-corrected chi connectivity index (χ3v) is 18.7. The fourth-order valence-corrected chi connectivity index (χ4v) is 12.6. The van der Waals surface area contributed by atoms with Crippen molar-refractivity contribution < 1.29 is 80.2 Å². The van der Waals surface area contributed by atoms with Crippen LogP contribution in [0.5, 0.6) is 0 Å². The van der Waals surface area contributed by atoms with Crippen molar-refractivity contribution in [2.75, 3.05) is 39.6 Å². The number of hydrogen-bond donors (Lipinski definition) is 3. The molecule has 3 N–H and O–H groups in total. The summed E-state index contributed by atoms with van der Waals surface area (Å²) in [5.41, 5.74) is 0. The maximum absolute atomic E-state index is 13.0. The normalized spacial score (nSPS) is 14.0. The van der Waals surface area contributed by atoms with Crippen molar-refractivity contribution in [1.82, 2.24) is 0 Å². The lowest BCUT2D eigenvalue weighted by Crippen LogP contribution is -2.30. The Labute approximate surface area is 556 Å². The first-order valence-corrected chi connectivity index (χ1v) is 40.6. The van der Waals surface area contributed by atoms with Gasteiger partial charge in [0, 0.05) is 25.7 Å². The highest BCUT2D eigenvalue weighted by Crippen LogP contribution is 2.45. The molecule has 91 heavy (non-hydrogen) atoms. The molecule has 17 nitrogen and oxygen atoms in total. The number of hydrogen-bond acceptors (Lipinski definition) is 15. The lowest BCUT2D eigenvalue weighted by Gasteiger charge is -2.21. The number of rotatable bonds is 72. The number of aliphatic hydroxyl groups excluding tert-OH is 1. The predicted octanol–water partition coefficient (Wildman–Crippen LogP) is 20.9. The average Bonchev–Trinajstić information content (AvgIpc) is 3.22. The van der Waals surface area contributed by atoms with E-state index in [1.807, 2.05) is 0 Å². The number of esters is 4. The van der Waals surface area contributed by atoms with Gasteiger partial charge in [0.1, 0.15) is 19.3 Å². The van der Waals surface area contributed by atoms with Gasteiger partial charge in [-0.3, -0.25) is 37.3 Å². The van der Waals surface area contributed by atoms with Crippen LogP contribution in [0.3, 0.4) is 0 Å². The fourth-order valence-electron chi connectivity index (χ4n) is 11.0. The van der Waals surface area contributed by atoms with Crippen LogP contribution >= 0.6 is 15.6 Å². The number of unbranched alkanes of at least 4 members (excludes halogenated alkanes) is 44. The second-order valence-corrected chi connectivity index (χ2v) is 29.4. The van der Waals surface area contributed by atoms with Gasteiger partial charge in [-0.1, -0.05) is 324 Å². The minimum Gasteiger partial charge on any atom is -0.462 e. The Kier molecular flexibility index (Phi) is 64.0. The molecular formula is C72H140O17P2. The van der Waals surface area contributed by atoms with Gasteiger partial charge in [0.15, 0.2) is 12.2 Å². The van der Waals surface area contributed by atoms with Crippen LogP contribution in [0.1, 0.15) is 375 Å². The number of phosphoric acid groups is 2. The monoisotopic (exact) mass is 1340 g/mol. The summed E-state index contributed by atoms with van der Waals surface area (Å²) < 4.78 is 68.4. The van der Waals surface area contributed by atoms with E-state index >= 15 is 0 Å². The molecule has 0 fully saturated rings. The van der Waals surface area contributed by atoms with Crippen molar-refractivity contribution in [3.63, 3.8) is 0 Å². The zero-order valence-corrected chi connectivity index (χ0v) is 60.8. The van der Waals surface area contributed by atoms with Crippen LogP contribution in [0, 0.1) is 5.92 Å². The van der Waals surface area contributed by atoms with Crippen LogP contribution in [-0.4, -0.2) is 96.7 Å². The molecule has 0 saturated carbocycles. The highest BCUT2D eigenvalue weighted by molar-refractivity contribution is 7.47. The summed E-state index contributed by atoms with van der Waals surface area (Å²) in [6.45, 7) is 7.24. The van der Waals surface area contributed by atoms with Gasteiger partial charge in [-0.15, -0.1) is 0 Å². The topological polar surface area (TPSA) is 237 Å². The largest absolute Gasteiger partial charge is 0.472 e. The molecule has 0 bridgehead atoms. The van der Waals surface area contributed by atoms with E-state index in [0.29, 0.717) is 25.7 Å². The Balaban J connectivity index is 5.25. The van der Waals surface area contributed by atoms with Crippen LogP contribution in [-0.2, 0) is 65.4 Å². The molecule has 0 aromatic heterocycles. The lowest BCUT2D eigenvalue weighted by atomic mass is 10.0. The SMILES string of the molecule is CCCCCCCCCCCCCCCCCC(=O)O[C@H](COC(=O)CCCCCCCCCCCCCCCC)COP(=O)(O)OC[C@@H](O)COP(=O)(O)OC[C@@H](COC(=O)CCCCCCCCCCCC)OC(=O)CCCCCCCCCCCC(C)C. The molecule has 0 spiro atoms. The van der Waals surface area contributed by atoms with Gasteiger partial charge in [0.25, 0.3) is 0 Å². The van der Waals surface area contributed by atoms with E-state index in [1.165, 1.54) is 199 Å². The number of carbonyl (C=O) groups is 4. The van der Waals surface area contributed by atoms with E-state index in [-0.39, 0.29) is 25.7 Å². The van der Waals surface area contributed by atoms with E-state index < -0.39 is 97.5 Å². The van der Waals surface area contributed by atoms with E-state index in [9.17, 15) is 43.2 Å². The van der Waals surface area contributed by atoms with Crippen LogP contribution in [0.4, 0.5) is 0 Å². The first-order chi connectivity index (χ1) is 44.0. The van der Waals surface area contributed by atoms with E-state index in [2.05, 4.69) is 34.6 Å². The van der Waals surface area contributed by atoms with Crippen LogP contribution in [0.2, 0.25) is 0 Å². The summed E-state index contributed by atoms with van der Waals surface area (Å²) in [4.78, 5) is 72.6. The summed E-state index contributed by atoms with van der Waals surface area (Å²) in [5, 5.41) is 10.6. The molecule has 0 amide bonds. The van der Waals surface area contributed by atoms with Gasteiger partial charge in [-0.25, -0.2) is 9.13 Å². The fraction of sp³-hybridized carbons (Fsp3) is 0.944. The van der Waals surface area contributed by atoms with E-state index in [0.717, 1.165) is 95.8 Å². The average molecular weight is 1340 g/mol. The zero-order chi connectivity index (χ0) is 67.0. The molecule has 0 aromatic carbocycles. The van der Waals surface area contributed by atoms with E-state index in [4.69, 9.17) is 37.0 Å². The second kappa shape index (κ2) is 65.4. The van der Waals surface area contributed by atoms with Crippen LogP contribution in [0.15, 0.2) is 0 Å².